The van der Waals surface area contributed by atoms with E-state index in [4.69, 9.17) is 4.42 Å². The van der Waals surface area contributed by atoms with Crippen molar-refractivity contribution in [1.29, 1.82) is 0 Å². The summed E-state index contributed by atoms with van der Waals surface area (Å²) in [5, 5.41) is 1.16. The average Bonchev–Trinajstić information content (AvgIpc) is 3.19. The Labute approximate surface area is 196 Å². The van der Waals surface area contributed by atoms with Crippen molar-refractivity contribution in [3.63, 3.8) is 0 Å². The molecule has 5 rings (SSSR count). The van der Waals surface area contributed by atoms with Crippen LogP contribution in [0.15, 0.2) is 65.4 Å². The molecule has 0 radical (unpaired) electrons. The molecule has 1 aromatic carbocycles. The minimum absolute atomic E-state index is 0.0865. The minimum Gasteiger partial charge on any atom is -0.464 e. The van der Waals surface area contributed by atoms with E-state index in [0.717, 1.165) is 62.0 Å². The number of Topliss-reactive ketones (excluding diaryl/α,β-unsaturated/α-hetero) is 1. The smallest absolute Gasteiger partial charge is 0.145 e. The van der Waals surface area contributed by atoms with Crippen molar-refractivity contribution < 1.29 is 9.21 Å². The van der Waals surface area contributed by atoms with E-state index in [1.165, 1.54) is 36.8 Å². The average molecular weight is 443 g/mol. The van der Waals surface area contributed by atoms with E-state index in [0.29, 0.717) is 5.78 Å². The Balaban J connectivity index is 1.26. The maximum Gasteiger partial charge on any atom is 0.145 e. The number of ketones is 1. The van der Waals surface area contributed by atoms with E-state index >= 15 is 0 Å². The van der Waals surface area contributed by atoms with Crippen LogP contribution in [0.4, 0.5) is 0 Å². The highest BCUT2D eigenvalue weighted by Crippen LogP contribution is 2.32. The fraction of sp³-hybridized carbons (Fsp3) is 0.448. The molecule has 4 heteroatoms. The van der Waals surface area contributed by atoms with Crippen molar-refractivity contribution in [3.8, 4) is 0 Å². The summed E-state index contributed by atoms with van der Waals surface area (Å²) >= 11 is 0. The number of para-hydroxylation sites is 1. The number of pyridine rings is 1. The standard InChI is InChI=1S/C29H34N2O2/c32-28(23-8-3-1-2-4-9-23)26(27-12-5-6-17-30-27)15-20-31-18-13-22(14-19-31)25-11-7-10-24-16-21-33-29(24)25/h5-7,10-13,16-17,21,23,26H,1-4,8-9,14-15,18-20H2. The van der Waals surface area contributed by atoms with E-state index < -0.39 is 0 Å². The number of aromatic nitrogens is 1. The quantitative estimate of drug-likeness (QED) is 0.385. The van der Waals surface area contributed by atoms with Crippen LogP contribution in [-0.4, -0.2) is 35.3 Å². The zero-order valence-electron chi connectivity index (χ0n) is 19.4. The van der Waals surface area contributed by atoms with Gasteiger partial charge in [-0.25, -0.2) is 0 Å². The SMILES string of the molecule is O=C(C1CCCCCC1)C(CCN1CC=C(c2cccc3ccoc23)CC1)c1ccccn1. The van der Waals surface area contributed by atoms with E-state index in [1.807, 2.05) is 30.5 Å². The first-order valence-electron chi connectivity index (χ1n) is 12.6. The normalized spacial score (nSPS) is 19.2. The van der Waals surface area contributed by atoms with Crippen molar-refractivity contribution in [2.24, 2.45) is 5.92 Å². The first-order chi connectivity index (χ1) is 16.3. The lowest BCUT2D eigenvalue weighted by atomic mass is 9.83. The predicted molar refractivity (Wildman–Crippen MR) is 133 cm³/mol. The minimum atomic E-state index is -0.0865. The van der Waals surface area contributed by atoms with Gasteiger partial charge in [0.15, 0.2) is 0 Å². The number of hydrogen-bond donors (Lipinski definition) is 0. The molecule has 33 heavy (non-hydrogen) atoms. The Morgan fingerprint density at radius 3 is 2.70 bits per heavy atom. The van der Waals surface area contributed by atoms with Crippen LogP contribution in [0.5, 0.6) is 0 Å². The summed E-state index contributed by atoms with van der Waals surface area (Å²) in [6.45, 7) is 2.85. The molecule has 0 N–H and O–H groups in total. The van der Waals surface area contributed by atoms with Crippen LogP contribution < -0.4 is 0 Å². The first kappa shape index (κ1) is 22.1. The van der Waals surface area contributed by atoms with Gasteiger partial charge >= 0.3 is 0 Å². The van der Waals surface area contributed by atoms with Gasteiger partial charge in [-0.3, -0.25) is 14.7 Å². The number of fused-ring (bicyclic) bond motifs is 1. The molecule has 1 aliphatic heterocycles. The van der Waals surface area contributed by atoms with Crippen LogP contribution in [0, 0.1) is 5.92 Å². The molecular weight excluding hydrogens is 408 g/mol. The van der Waals surface area contributed by atoms with Gasteiger partial charge in [-0.05, 0) is 56.0 Å². The third kappa shape index (κ3) is 5.11. The van der Waals surface area contributed by atoms with Crippen LogP contribution in [-0.2, 0) is 4.79 Å². The summed E-state index contributed by atoms with van der Waals surface area (Å²) in [5.41, 5.74) is 4.51. The maximum atomic E-state index is 13.6. The Bertz CT molecular complexity index is 1090. The Hall–Kier alpha value is -2.72. The van der Waals surface area contributed by atoms with Gasteiger partial charge < -0.3 is 4.42 Å². The third-order valence-corrected chi connectivity index (χ3v) is 7.50. The van der Waals surface area contributed by atoms with Gasteiger partial charge in [0.25, 0.3) is 0 Å². The monoisotopic (exact) mass is 442 g/mol. The van der Waals surface area contributed by atoms with E-state index in [-0.39, 0.29) is 11.8 Å². The first-order valence-corrected chi connectivity index (χ1v) is 12.6. The van der Waals surface area contributed by atoms with Gasteiger partial charge in [-0.15, -0.1) is 0 Å². The van der Waals surface area contributed by atoms with Gasteiger partial charge in [-0.2, -0.15) is 0 Å². The van der Waals surface area contributed by atoms with E-state index in [1.54, 1.807) is 6.26 Å². The molecule has 172 valence electrons. The molecule has 1 aliphatic carbocycles. The fourth-order valence-electron chi connectivity index (χ4n) is 5.58. The van der Waals surface area contributed by atoms with Gasteiger partial charge in [0.05, 0.1) is 17.9 Å². The number of carbonyl (C=O) groups is 1. The summed E-state index contributed by atoms with van der Waals surface area (Å²) < 4.78 is 5.75. The van der Waals surface area contributed by atoms with Crippen LogP contribution in [0.1, 0.15) is 68.5 Å². The van der Waals surface area contributed by atoms with Gasteiger partial charge in [0.1, 0.15) is 11.4 Å². The number of carbonyl (C=O) groups excluding carboxylic acids is 1. The summed E-state index contributed by atoms with van der Waals surface area (Å²) in [7, 11) is 0. The summed E-state index contributed by atoms with van der Waals surface area (Å²) in [6.07, 6.45) is 14.8. The molecule has 0 spiro atoms. The highest BCUT2D eigenvalue weighted by atomic mass is 16.3. The van der Waals surface area contributed by atoms with E-state index in [9.17, 15) is 4.79 Å². The molecule has 2 aromatic heterocycles. The molecule has 0 bridgehead atoms. The molecule has 4 nitrogen and oxygen atoms in total. The van der Waals surface area contributed by atoms with Crippen LogP contribution in [0.2, 0.25) is 0 Å². The second kappa shape index (κ2) is 10.5. The lowest BCUT2D eigenvalue weighted by molar-refractivity contribution is -0.125. The van der Waals surface area contributed by atoms with Crippen molar-refractivity contribution in [2.45, 2.75) is 57.3 Å². The second-order valence-corrected chi connectivity index (χ2v) is 9.61. The number of furan rings is 1. The summed E-state index contributed by atoms with van der Waals surface area (Å²) in [6, 6.07) is 14.4. The summed E-state index contributed by atoms with van der Waals surface area (Å²) in [4.78, 5) is 20.6. The lowest BCUT2D eigenvalue weighted by Crippen LogP contribution is -2.32. The molecule has 0 amide bonds. The van der Waals surface area contributed by atoms with Crippen molar-refractivity contribution in [1.82, 2.24) is 9.88 Å². The number of hydrogen-bond acceptors (Lipinski definition) is 4. The lowest BCUT2D eigenvalue weighted by Gasteiger charge is -2.29. The van der Waals surface area contributed by atoms with Gasteiger partial charge in [-0.1, -0.05) is 56.0 Å². The molecule has 1 unspecified atom stereocenters. The molecule has 0 saturated heterocycles. The number of nitrogens with zero attached hydrogens (tertiary/aromatic N) is 2. The molecule has 3 heterocycles. The van der Waals surface area contributed by atoms with Gasteiger partial charge in [0.2, 0.25) is 0 Å². The zero-order chi connectivity index (χ0) is 22.5. The predicted octanol–water partition coefficient (Wildman–Crippen LogP) is 6.63. The van der Waals surface area contributed by atoms with Crippen molar-refractivity contribution >= 4 is 22.3 Å². The molecular formula is C29H34N2O2. The molecule has 2 aliphatic rings. The molecule has 1 fully saturated rings. The fourth-order valence-corrected chi connectivity index (χ4v) is 5.58. The topological polar surface area (TPSA) is 46.3 Å². The molecule has 3 aromatic rings. The number of rotatable bonds is 7. The molecule has 1 atom stereocenters. The van der Waals surface area contributed by atoms with Crippen LogP contribution >= 0.6 is 0 Å². The third-order valence-electron chi connectivity index (χ3n) is 7.50. The highest BCUT2D eigenvalue weighted by Gasteiger charge is 2.30. The Morgan fingerprint density at radius 2 is 1.94 bits per heavy atom. The van der Waals surface area contributed by atoms with Crippen LogP contribution in [0.3, 0.4) is 0 Å². The van der Waals surface area contributed by atoms with Crippen molar-refractivity contribution in [2.75, 3.05) is 19.6 Å². The largest absolute Gasteiger partial charge is 0.464 e. The van der Waals surface area contributed by atoms with Gasteiger partial charge in [0, 0.05) is 36.2 Å². The number of benzene rings is 1. The van der Waals surface area contributed by atoms with Crippen molar-refractivity contribution in [3.05, 3.63) is 72.3 Å². The summed E-state index contributed by atoms with van der Waals surface area (Å²) in [5.74, 6) is 0.547. The highest BCUT2D eigenvalue weighted by molar-refractivity contribution is 5.90. The van der Waals surface area contributed by atoms with Crippen LogP contribution in [0.25, 0.3) is 16.5 Å². The maximum absolute atomic E-state index is 13.6. The second-order valence-electron chi connectivity index (χ2n) is 9.61. The zero-order valence-corrected chi connectivity index (χ0v) is 19.4. The Morgan fingerprint density at radius 1 is 1.06 bits per heavy atom. The van der Waals surface area contributed by atoms with E-state index in [2.05, 4.69) is 34.2 Å². The Kier molecular flexibility index (Phi) is 7.01. The molecule has 1 saturated carbocycles.